The van der Waals surface area contributed by atoms with Crippen LogP contribution in [0.5, 0.6) is 0 Å². The van der Waals surface area contributed by atoms with Crippen LogP contribution in [0.4, 0.5) is 11.4 Å². The van der Waals surface area contributed by atoms with Crippen molar-refractivity contribution >= 4 is 34.5 Å². The van der Waals surface area contributed by atoms with Gasteiger partial charge in [0.25, 0.3) is 5.91 Å². The van der Waals surface area contributed by atoms with Crippen LogP contribution in [0.15, 0.2) is 72.8 Å². The Morgan fingerprint density at radius 2 is 1.65 bits per heavy atom. The molecular weight excluding hydrogens is 426 g/mol. The van der Waals surface area contributed by atoms with Crippen molar-refractivity contribution in [1.82, 2.24) is 4.90 Å². The molecule has 0 saturated heterocycles. The summed E-state index contributed by atoms with van der Waals surface area (Å²) in [7, 11) is 1.34. The van der Waals surface area contributed by atoms with Gasteiger partial charge in [0, 0.05) is 17.8 Å². The number of anilines is 2. The van der Waals surface area contributed by atoms with Gasteiger partial charge < -0.3 is 15.4 Å². The Balaban J connectivity index is 1.73. The van der Waals surface area contributed by atoms with Crippen molar-refractivity contribution in [2.75, 3.05) is 30.8 Å². The van der Waals surface area contributed by atoms with E-state index in [0.29, 0.717) is 22.5 Å². The van der Waals surface area contributed by atoms with Crippen LogP contribution in [0.25, 0.3) is 11.3 Å². The highest BCUT2D eigenvalue weighted by molar-refractivity contribution is 6.37. The number of hydrogen-bond acceptors (Lipinski definition) is 5. The van der Waals surface area contributed by atoms with E-state index in [2.05, 4.69) is 41.5 Å². The van der Waals surface area contributed by atoms with Crippen LogP contribution >= 0.6 is 0 Å². The van der Waals surface area contributed by atoms with Crippen LogP contribution < -0.4 is 10.6 Å². The number of hydrogen-bond donors (Lipinski definition) is 2. The third-order valence-electron chi connectivity index (χ3n) is 6.02. The van der Waals surface area contributed by atoms with Gasteiger partial charge in [-0.15, -0.1) is 0 Å². The van der Waals surface area contributed by atoms with E-state index in [4.69, 9.17) is 4.74 Å². The third kappa shape index (κ3) is 4.87. The lowest BCUT2D eigenvalue weighted by Crippen LogP contribution is -2.22. The summed E-state index contributed by atoms with van der Waals surface area (Å²) >= 11 is 0. The van der Waals surface area contributed by atoms with Crippen LogP contribution in [-0.2, 0) is 16.1 Å². The summed E-state index contributed by atoms with van der Waals surface area (Å²) in [6.45, 7) is 7.24. The number of nitrogens with one attached hydrogen (secondary N) is 2. The highest BCUT2D eigenvalue weighted by Crippen LogP contribution is 2.38. The van der Waals surface area contributed by atoms with Gasteiger partial charge in [-0.1, -0.05) is 62.4 Å². The van der Waals surface area contributed by atoms with E-state index in [0.717, 1.165) is 36.4 Å². The maximum Gasteiger partial charge on any atom is 0.337 e. The highest BCUT2D eigenvalue weighted by atomic mass is 16.5. The van der Waals surface area contributed by atoms with Gasteiger partial charge in [0.2, 0.25) is 0 Å². The summed E-state index contributed by atoms with van der Waals surface area (Å²) in [5.41, 5.74) is 5.98. The van der Waals surface area contributed by atoms with E-state index in [1.54, 1.807) is 18.2 Å². The molecule has 0 atom stereocenters. The average Bonchev–Trinajstić information content (AvgIpc) is 3.21. The molecular formula is C28H29N3O3. The Morgan fingerprint density at radius 1 is 0.941 bits per heavy atom. The number of rotatable bonds is 8. The Kier molecular flexibility index (Phi) is 7.09. The zero-order valence-corrected chi connectivity index (χ0v) is 19.7. The molecule has 1 amide bonds. The molecule has 6 nitrogen and oxygen atoms in total. The number of benzene rings is 3. The van der Waals surface area contributed by atoms with Crippen LogP contribution in [-0.4, -0.2) is 37.0 Å². The van der Waals surface area contributed by atoms with Crippen LogP contribution in [0.1, 0.15) is 40.9 Å². The number of amides is 1. The molecule has 6 heteroatoms. The molecule has 0 aromatic heterocycles. The predicted molar refractivity (Wildman–Crippen MR) is 136 cm³/mol. The van der Waals surface area contributed by atoms with Crippen molar-refractivity contribution < 1.29 is 14.3 Å². The van der Waals surface area contributed by atoms with Crippen LogP contribution in [0.3, 0.4) is 0 Å². The van der Waals surface area contributed by atoms with Gasteiger partial charge in [0.1, 0.15) is 0 Å². The molecule has 0 spiro atoms. The molecule has 3 aromatic carbocycles. The summed E-state index contributed by atoms with van der Waals surface area (Å²) in [5, 5.41) is 6.38. The number of nitrogens with zero attached hydrogens (tertiary/aromatic N) is 1. The van der Waals surface area contributed by atoms with Gasteiger partial charge in [0.15, 0.2) is 0 Å². The molecule has 0 bridgehead atoms. The quantitative estimate of drug-likeness (QED) is 0.359. The normalized spacial score (nSPS) is 13.9. The summed E-state index contributed by atoms with van der Waals surface area (Å²) in [6, 6.07) is 23.2. The minimum absolute atomic E-state index is 0.221. The second-order valence-corrected chi connectivity index (χ2v) is 8.11. The molecule has 1 heterocycles. The van der Waals surface area contributed by atoms with Crippen molar-refractivity contribution in [3.05, 3.63) is 95.1 Å². The van der Waals surface area contributed by atoms with Gasteiger partial charge in [-0.25, -0.2) is 4.79 Å². The second kappa shape index (κ2) is 10.4. The Hall–Kier alpha value is -3.90. The molecule has 34 heavy (non-hydrogen) atoms. The van der Waals surface area contributed by atoms with Gasteiger partial charge in [-0.05, 0) is 48.5 Å². The monoisotopic (exact) mass is 455 g/mol. The Bertz CT molecular complexity index is 1210. The van der Waals surface area contributed by atoms with Gasteiger partial charge in [-0.3, -0.25) is 9.69 Å². The molecule has 0 unspecified atom stereocenters. The first-order valence-electron chi connectivity index (χ1n) is 11.5. The molecule has 2 N–H and O–H groups in total. The number of methoxy groups -OCH3 is 1. The van der Waals surface area contributed by atoms with Gasteiger partial charge in [0.05, 0.1) is 29.6 Å². The lowest BCUT2D eigenvalue weighted by molar-refractivity contribution is -0.110. The van der Waals surface area contributed by atoms with Crippen LogP contribution in [0.2, 0.25) is 0 Å². The van der Waals surface area contributed by atoms with E-state index < -0.39 is 5.97 Å². The lowest BCUT2D eigenvalue weighted by Gasteiger charge is -2.19. The van der Waals surface area contributed by atoms with Crippen molar-refractivity contribution in [2.45, 2.75) is 20.4 Å². The molecule has 1 aliphatic heterocycles. The fraction of sp³-hybridized carbons (Fsp3) is 0.214. The molecule has 0 aliphatic carbocycles. The lowest BCUT2D eigenvalue weighted by atomic mass is 9.99. The zero-order chi connectivity index (χ0) is 24.1. The standard InChI is InChI=1S/C28H29N3O3/c1-4-31(5-2)18-19-11-14-22(15-12-19)29-26(20-9-7-6-8-10-20)25-23-16-13-21(28(33)34-3)17-24(23)30-27(25)32/h6-17,29H,4-5,18H2,1-3H3,(H,30,32)/b26-25-. The number of esters is 1. The highest BCUT2D eigenvalue weighted by Gasteiger charge is 2.29. The first-order valence-corrected chi connectivity index (χ1v) is 11.5. The zero-order valence-electron chi connectivity index (χ0n) is 19.7. The predicted octanol–water partition coefficient (Wildman–Crippen LogP) is 5.25. The number of ether oxygens (including phenoxy) is 1. The van der Waals surface area contributed by atoms with Gasteiger partial charge >= 0.3 is 5.97 Å². The molecule has 0 saturated carbocycles. The fourth-order valence-electron chi connectivity index (χ4n) is 4.09. The largest absolute Gasteiger partial charge is 0.465 e. The van der Waals surface area contributed by atoms with E-state index in [1.807, 2.05) is 42.5 Å². The number of fused-ring (bicyclic) bond motifs is 1. The first kappa shape index (κ1) is 23.3. The molecule has 3 aromatic rings. The summed E-state index contributed by atoms with van der Waals surface area (Å²) in [6.07, 6.45) is 0. The van der Waals surface area contributed by atoms with E-state index in [1.165, 1.54) is 12.7 Å². The SMILES string of the molecule is CCN(CC)Cc1ccc(N/C(=C2\C(=O)Nc3cc(C(=O)OC)ccc32)c2ccccc2)cc1. The van der Waals surface area contributed by atoms with E-state index in [9.17, 15) is 9.59 Å². The minimum Gasteiger partial charge on any atom is -0.465 e. The minimum atomic E-state index is -0.444. The van der Waals surface area contributed by atoms with Crippen molar-refractivity contribution in [2.24, 2.45) is 0 Å². The molecule has 1 aliphatic rings. The van der Waals surface area contributed by atoms with Gasteiger partial charge in [-0.2, -0.15) is 0 Å². The molecule has 0 fully saturated rings. The maximum atomic E-state index is 13.1. The first-order chi connectivity index (χ1) is 16.5. The summed E-state index contributed by atoms with van der Waals surface area (Å²) < 4.78 is 4.81. The van der Waals surface area contributed by atoms with Crippen molar-refractivity contribution in [3.8, 4) is 0 Å². The maximum absolute atomic E-state index is 13.1. The van der Waals surface area contributed by atoms with E-state index in [-0.39, 0.29) is 5.91 Å². The molecule has 4 rings (SSSR count). The number of carbonyl (C=O) groups excluding carboxylic acids is 2. The Morgan fingerprint density at radius 3 is 2.29 bits per heavy atom. The number of carbonyl (C=O) groups is 2. The van der Waals surface area contributed by atoms with Crippen LogP contribution in [0, 0.1) is 0 Å². The second-order valence-electron chi connectivity index (χ2n) is 8.11. The average molecular weight is 456 g/mol. The van der Waals surface area contributed by atoms with E-state index >= 15 is 0 Å². The molecule has 0 radical (unpaired) electrons. The topological polar surface area (TPSA) is 70.7 Å². The Labute approximate surface area is 200 Å². The van der Waals surface area contributed by atoms with Crippen molar-refractivity contribution in [3.63, 3.8) is 0 Å². The smallest absolute Gasteiger partial charge is 0.337 e. The summed E-state index contributed by atoms with van der Waals surface area (Å²) in [5.74, 6) is -0.665. The summed E-state index contributed by atoms with van der Waals surface area (Å²) in [4.78, 5) is 27.4. The third-order valence-corrected chi connectivity index (χ3v) is 6.02. The molecule has 174 valence electrons. The fourth-order valence-corrected chi connectivity index (χ4v) is 4.09. The van der Waals surface area contributed by atoms with Crippen molar-refractivity contribution in [1.29, 1.82) is 0 Å².